The van der Waals surface area contributed by atoms with Crippen molar-refractivity contribution in [2.45, 2.75) is 25.7 Å². The lowest BCUT2D eigenvalue weighted by Gasteiger charge is -2.13. The first-order valence-corrected chi connectivity index (χ1v) is 6.69. The first-order valence-electron chi connectivity index (χ1n) is 5.90. The minimum Gasteiger partial charge on any atom is -0.317 e. The Labute approximate surface area is 105 Å². The highest BCUT2D eigenvalue weighted by molar-refractivity contribution is 9.10. The molecule has 1 fully saturated rings. The second-order valence-electron chi connectivity index (χ2n) is 4.53. The van der Waals surface area contributed by atoms with Gasteiger partial charge in [-0.25, -0.2) is 4.39 Å². The SMILES string of the molecule is Fc1cc(Br)cc(CC2CCCNCC2)c1. The van der Waals surface area contributed by atoms with E-state index in [0.29, 0.717) is 5.92 Å². The molecule has 1 heterocycles. The van der Waals surface area contributed by atoms with Crippen LogP contribution in [0.4, 0.5) is 4.39 Å². The van der Waals surface area contributed by atoms with Gasteiger partial charge in [-0.15, -0.1) is 0 Å². The van der Waals surface area contributed by atoms with Crippen LogP contribution >= 0.6 is 15.9 Å². The van der Waals surface area contributed by atoms with Crippen molar-refractivity contribution in [3.63, 3.8) is 0 Å². The van der Waals surface area contributed by atoms with Gasteiger partial charge in [0.2, 0.25) is 0 Å². The third kappa shape index (κ3) is 3.56. The molecule has 1 aromatic rings. The van der Waals surface area contributed by atoms with Gasteiger partial charge in [0.1, 0.15) is 5.82 Å². The summed E-state index contributed by atoms with van der Waals surface area (Å²) in [5.74, 6) is 0.555. The van der Waals surface area contributed by atoms with E-state index in [4.69, 9.17) is 0 Å². The standard InChI is InChI=1S/C13H17BrFN/c14-12-7-11(8-13(15)9-12)6-10-2-1-4-16-5-3-10/h7-10,16H,1-6H2. The highest BCUT2D eigenvalue weighted by Crippen LogP contribution is 2.22. The van der Waals surface area contributed by atoms with Crippen molar-refractivity contribution in [1.29, 1.82) is 0 Å². The van der Waals surface area contributed by atoms with Crippen LogP contribution in [0.5, 0.6) is 0 Å². The fraction of sp³-hybridized carbons (Fsp3) is 0.538. The molecule has 1 saturated heterocycles. The maximum Gasteiger partial charge on any atom is 0.124 e. The minimum atomic E-state index is -0.142. The average Bonchev–Trinajstić information content (AvgIpc) is 2.44. The molecule has 1 aliphatic rings. The van der Waals surface area contributed by atoms with Crippen molar-refractivity contribution in [3.05, 3.63) is 34.1 Å². The van der Waals surface area contributed by atoms with Crippen molar-refractivity contribution in [1.82, 2.24) is 5.32 Å². The van der Waals surface area contributed by atoms with Crippen LogP contribution in [0.2, 0.25) is 0 Å². The topological polar surface area (TPSA) is 12.0 Å². The van der Waals surface area contributed by atoms with E-state index in [2.05, 4.69) is 21.2 Å². The number of benzene rings is 1. The van der Waals surface area contributed by atoms with Crippen molar-refractivity contribution in [2.24, 2.45) is 5.92 Å². The monoisotopic (exact) mass is 285 g/mol. The molecule has 0 amide bonds. The van der Waals surface area contributed by atoms with E-state index in [1.165, 1.54) is 25.3 Å². The van der Waals surface area contributed by atoms with Crippen LogP contribution in [-0.4, -0.2) is 13.1 Å². The van der Waals surface area contributed by atoms with E-state index in [-0.39, 0.29) is 5.82 Å². The predicted molar refractivity (Wildman–Crippen MR) is 68.0 cm³/mol. The Morgan fingerprint density at radius 3 is 2.94 bits per heavy atom. The molecule has 0 aromatic heterocycles. The van der Waals surface area contributed by atoms with Gasteiger partial charge >= 0.3 is 0 Å². The normalized spacial score (nSPS) is 21.8. The number of nitrogens with one attached hydrogen (secondary N) is 1. The summed E-state index contributed by atoms with van der Waals surface area (Å²) in [5.41, 5.74) is 1.11. The molecule has 1 aromatic carbocycles. The molecule has 3 heteroatoms. The van der Waals surface area contributed by atoms with Crippen LogP contribution in [0.1, 0.15) is 24.8 Å². The van der Waals surface area contributed by atoms with Crippen LogP contribution in [0, 0.1) is 11.7 Å². The Balaban J connectivity index is 2.01. The van der Waals surface area contributed by atoms with Gasteiger partial charge in [0.05, 0.1) is 0 Å². The molecule has 1 nitrogen and oxygen atoms in total. The van der Waals surface area contributed by atoms with E-state index in [1.807, 2.05) is 6.07 Å². The van der Waals surface area contributed by atoms with Gasteiger partial charge in [-0.05, 0) is 68.5 Å². The zero-order valence-electron chi connectivity index (χ0n) is 9.31. The summed E-state index contributed by atoms with van der Waals surface area (Å²) >= 11 is 3.34. The number of hydrogen-bond donors (Lipinski definition) is 1. The first-order chi connectivity index (χ1) is 7.74. The molecule has 1 unspecified atom stereocenters. The smallest absolute Gasteiger partial charge is 0.124 e. The summed E-state index contributed by atoms with van der Waals surface area (Å²) in [7, 11) is 0. The molecule has 0 radical (unpaired) electrons. The summed E-state index contributed by atoms with van der Waals surface area (Å²) in [5, 5.41) is 3.40. The van der Waals surface area contributed by atoms with Crippen molar-refractivity contribution < 1.29 is 4.39 Å². The maximum atomic E-state index is 13.2. The van der Waals surface area contributed by atoms with E-state index >= 15 is 0 Å². The van der Waals surface area contributed by atoms with E-state index in [9.17, 15) is 4.39 Å². The molecule has 0 spiro atoms. The highest BCUT2D eigenvalue weighted by atomic mass is 79.9. The van der Waals surface area contributed by atoms with Gasteiger partial charge in [-0.2, -0.15) is 0 Å². The first kappa shape index (κ1) is 12.1. The molecule has 0 bridgehead atoms. The Hall–Kier alpha value is -0.410. The molecule has 16 heavy (non-hydrogen) atoms. The third-order valence-corrected chi connectivity index (χ3v) is 3.60. The van der Waals surface area contributed by atoms with E-state index in [0.717, 1.165) is 29.5 Å². The van der Waals surface area contributed by atoms with Crippen LogP contribution in [0.15, 0.2) is 22.7 Å². The Morgan fingerprint density at radius 1 is 1.25 bits per heavy atom. The van der Waals surface area contributed by atoms with Gasteiger partial charge in [0.15, 0.2) is 0 Å². The van der Waals surface area contributed by atoms with Gasteiger partial charge in [-0.3, -0.25) is 0 Å². The van der Waals surface area contributed by atoms with Gasteiger partial charge in [0, 0.05) is 4.47 Å². The average molecular weight is 286 g/mol. The largest absolute Gasteiger partial charge is 0.317 e. The molecule has 0 saturated carbocycles. The maximum absolute atomic E-state index is 13.2. The minimum absolute atomic E-state index is 0.142. The summed E-state index contributed by atoms with van der Waals surface area (Å²) in [6.07, 6.45) is 4.69. The molecule has 88 valence electrons. The number of hydrogen-bond acceptors (Lipinski definition) is 1. The fourth-order valence-electron chi connectivity index (χ4n) is 2.36. The van der Waals surface area contributed by atoms with Gasteiger partial charge in [-0.1, -0.05) is 15.9 Å². The zero-order valence-corrected chi connectivity index (χ0v) is 10.9. The molecular weight excluding hydrogens is 269 g/mol. The van der Waals surface area contributed by atoms with Crippen molar-refractivity contribution in [2.75, 3.05) is 13.1 Å². The second kappa shape index (κ2) is 5.78. The Bertz CT molecular complexity index is 326. The molecular formula is C13H17BrFN. The number of rotatable bonds is 2. The van der Waals surface area contributed by atoms with E-state index in [1.54, 1.807) is 6.07 Å². The molecule has 0 aliphatic carbocycles. The van der Waals surface area contributed by atoms with Crippen molar-refractivity contribution in [3.8, 4) is 0 Å². The predicted octanol–water partition coefficient (Wildman–Crippen LogP) is 3.52. The highest BCUT2D eigenvalue weighted by Gasteiger charge is 2.13. The Kier molecular flexibility index (Phi) is 4.36. The van der Waals surface area contributed by atoms with Crippen LogP contribution in [0.25, 0.3) is 0 Å². The zero-order chi connectivity index (χ0) is 11.4. The lowest BCUT2D eigenvalue weighted by atomic mass is 9.93. The second-order valence-corrected chi connectivity index (χ2v) is 5.44. The molecule has 1 aliphatic heterocycles. The van der Waals surface area contributed by atoms with Gasteiger partial charge < -0.3 is 5.32 Å². The quantitative estimate of drug-likeness (QED) is 0.877. The van der Waals surface area contributed by atoms with E-state index < -0.39 is 0 Å². The summed E-state index contributed by atoms with van der Waals surface area (Å²) in [6.45, 7) is 2.23. The fourth-order valence-corrected chi connectivity index (χ4v) is 2.87. The number of halogens is 2. The lowest BCUT2D eigenvalue weighted by Crippen LogP contribution is -2.14. The van der Waals surface area contributed by atoms with Gasteiger partial charge in [0.25, 0.3) is 0 Å². The molecule has 2 rings (SSSR count). The summed E-state index contributed by atoms with van der Waals surface area (Å²) in [4.78, 5) is 0. The summed E-state index contributed by atoms with van der Waals surface area (Å²) in [6, 6.07) is 5.20. The summed E-state index contributed by atoms with van der Waals surface area (Å²) < 4.78 is 14.1. The Morgan fingerprint density at radius 2 is 2.12 bits per heavy atom. The van der Waals surface area contributed by atoms with Crippen LogP contribution in [-0.2, 0) is 6.42 Å². The van der Waals surface area contributed by atoms with Crippen LogP contribution < -0.4 is 5.32 Å². The lowest BCUT2D eigenvalue weighted by molar-refractivity contribution is 0.468. The molecule has 1 N–H and O–H groups in total. The van der Waals surface area contributed by atoms with Crippen molar-refractivity contribution >= 4 is 15.9 Å². The van der Waals surface area contributed by atoms with Crippen LogP contribution in [0.3, 0.4) is 0 Å². The third-order valence-electron chi connectivity index (χ3n) is 3.14. The molecule has 1 atom stereocenters.